The van der Waals surface area contributed by atoms with Crippen LogP contribution < -0.4 is 10.0 Å². The summed E-state index contributed by atoms with van der Waals surface area (Å²) in [5.41, 5.74) is 2.49. The Kier molecular flexibility index (Phi) is 5.40. The maximum Gasteiger partial charge on any atom is 0.250 e. The van der Waals surface area contributed by atoms with E-state index in [-0.39, 0.29) is 18.4 Å². The molecule has 0 spiro atoms. The Balaban J connectivity index is 0.00000161. The van der Waals surface area contributed by atoms with Gasteiger partial charge in [0, 0.05) is 12.6 Å². The molecule has 4 nitrogen and oxygen atoms in total. The molecule has 0 saturated heterocycles. The van der Waals surface area contributed by atoms with Crippen LogP contribution >= 0.6 is 23.7 Å². The Hall–Kier alpha value is -0.920. The number of benzene rings is 1. The van der Waals surface area contributed by atoms with E-state index < -0.39 is 10.0 Å². The zero-order valence-corrected chi connectivity index (χ0v) is 13.7. The van der Waals surface area contributed by atoms with Crippen molar-refractivity contribution in [1.29, 1.82) is 0 Å². The average molecular weight is 345 g/mol. The molecule has 1 unspecified atom stereocenters. The smallest absolute Gasteiger partial charge is 0.250 e. The number of halogens is 1. The molecule has 2 N–H and O–H groups in total. The molecule has 0 saturated carbocycles. The van der Waals surface area contributed by atoms with Gasteiger partial charge in [-0.05, 0) is 35.5 Å². The van der Waals surface area contributed by atoms with Crippen molar-refractivity contribution < 1.29 is 8.42 Å². The van der Waals surface area contributed by atoms with Crippen molar-refractivity contribution in [2.24, 2.45) is 0 Å². The minimum absolute atomic E-state index is 0. The molecule has 0 bridgehead atoms. The van der Waals surface area contributed by atoms with Crippen LogP contribution in [0.3, 0.4) is 0 Å². The second-order valence-corrected chi connectivity index (χ2v) is 7.68. The highest BCUT2D eigenvalue weighted by molar-refractivity contribution is 7.91. The summed E-state index contributed by atoms with van der Waals surface area (Å²) in [7, 11) is -3.39. The molecule has 1 aromatic carbocycles. The van der Waals surface area contributed by atoms with Gasteiger partial charge in [-0.25, -0.2) is 13.1 Å². The highest BCUT2D eigenvalue weighted by Crippen LogP contribution is 2.23. The van der Waals surface area contributed by atoms with Crippen LogP contribution in [-0.2, 0) is 16.4 Å². The number of rotatable bonds is 4. The van der Waals surface area contributed by atoms with Crippen molar-refractivity contribution in [3.05, 3.63) is 52.9 Å². The standard InChI is InChI=1S/C14H16N2O2S2.ClH/c17-20(18,14-6-3-9-19-14)16-10-13-12-5-2-1-4-11(12)7-8-15-13;/h1-6,9,13,15-16H,7-8,10H2;1H. The van der Waals surface area contributed by atoms with Gasteiger partial charge < -0.3 is 5.32 Å². The van der Waals surface area contributed by atoms with Crippen LogP contribution in [-0.4, -0.2) is 21.5 Å². The van der Waals surface area contributed by atoms with Gasteiger partial charge in [0.1, 0.15) is 4.21 Å². The molecule has 7 heteroatoms. The predicted octanol–water partition coefficient (Wildman–Crippen LogP) is 2.34. The molecule has 1 aliphatic heterocycles. The molecular weight excluding hydrogens is 328 g/mol. The van der Waals surface area contributed by atoms with Gasteiger partial charge in [0.2, 0.25) is 10.0 Å². The fraction of sp³-hybridized carbons (Fsp3) is 0.286. The molecule has 0 aliphatic carbocycles. The SMILES string of the molecule is Cl.O=S(=O)(NCC1NCCc2ccccc21)c1cccs1. The Labute approximate surface area is 135 Å². The Morgan fingerprint density at radius 1 is 1.24 bits per heavy atom. The van der Waals surface area contributed by atoms with Gasteiger partial charge in [0.25, 0.3) is 0 Å². The lowest BCUT2D eigenvalue weighted by atomic mass is 9.95. The molecule has 114 valence electrons. The molecule has 3 rings (SSSR count). The van der Waals surface area contributed by atoms with Crippen LogP contribution in [0.4, 0.5) is 0 Å². The first-order valence-electron chi connectivity index (χ1n) is 6.51. The van der Waals surface area contributed by atoms with E-state index >= 15 is 0 Å². The lowest BCUT2D eigenvalue weighted by molar-refractivity contribution is 0.492. The number of hydrogen-bond donors (Lipinski definition) is 2. The van der Waals surface area contributed by atoms with Crippen molar-refractivity contribution >= 4 is 33.8 Å². The van der Waals surface area contributed by atoms with E-state index in [2.05, 4.69) is 22.2 Å². The first kappa shape index (κ1) is 16.5. The van der Waals surface area contributed by atoms with Gasteiger partial charge in [0.05, 0.1) is 0 Å². The summed E-state index contributed by atoms with van der Waals surface area (Å²) in [5.74, 6) is 0. The molecule has 1 aliphatic rings. The highest BCUT2D eigenvalue weighted by atomic mass is 35.5. The van der Waals surface area contributed by atoms with E-state index in [1.807, 2.05) is 12.1 Å². The predicted molar refractivity (Wildman–Crippen MR) is 87.6 cm³/mol. The van der Waals surface area contributed by atoms with Gasteiger partial charge in [-0.3, -0.25) is 0 Å². The first-order chi connectivity index (χ1) is 9.67. The van der Waals surface area contributed by atoms with Crippen LogP contribution in [0.25, 0.3) is 0 Å². The van der Waals surface area contributed by atoms with E-state index in [0.717, 1.165) is 13.0 Å². The van der Waals surface area contributed by atoms with Gasteiger partial charge >= 0.3 is 0 Å². The third kappa shape index (κ3) is 3.64. The van der Waals surface area contributed by atoms with Crippen molar-refractivity contribution in [3.63, 3.8) is 0 Å². The van der Waals surface area contributed by atoms with E-state index in [9.17, 15) is 8.42 Å². The minimum atomic E-state index is -3.39. The van der Waals surface area contributed by atoms with Crippen LogP contribution in [0, 0.1) is 0 Å². The van der Waals surface area contributed by atoms with Crippen LogP contribution in [0.2, 0.25) is 0 Å². The molecule has 0 radical (unpaired) electrons. The Bertz CT molecular complexity index is 687. The van der Waals surface area contributed by atoms with E-state index in [4.69, 9.17) is 0 Å². The van der Waals surface area contributed by atoms with Crippen molar-refractivity contribution in [2.75, 3.05) is 13.1 Å². The van der Waals surface area contributed by atoms with Crippen molar-refractivity contribution in [1.82, 2.24) is 10.0 Å². The Morgan fingerprint density at radius 3 is 2.81 bits per heavy atom. The van der Waals surface area contributed by atoms with Gasteiger partial charge in [-0.2, -0.15) is 0 Å². The molecule has 2 heterocycles. The lowest BCUT2D eigenvalue weighted by Gasteiger charge is -2.27. The fourth-order valence-corrected chi connectivity index (χ4v) is 4.54. The van der Waals surface area contributed by atoms with Crippen LogP contribution in [0.5, 0.6) is 0 Å². The number of thiophene rings is 1. The average Bonchev–Trinajstić information content (AvgIpc) is 3.00. The zero-order chi connectivity index (χ0) is 14.0. The lowest BCUT2D eigenvalue weighted by Crippen LogP contribution is -2.38. The maximum absolute atomic E-state index is 12.1. The number of nitrogens with one attached hydrogen (secondary N) is 2. The molecule has 2 aromatic rings. The fourth-order valence-electron chi connectivity index (χ4n) is 2.46. The molecule has 1 aromatic heterocycles. The van der Waals surface area contributed by atoms with Gasteiger partial charge in [0.15, 0.2) is 0 Å². The van der Waals surface area contributed by atoms with Crippen molar-refractivity contribution in [3.8, 4) is 0 Å². The summed E-state index contributed by atoms with van der Waals surface area (Å²) in [6.07, 6.45) is 0.990. The number of hydrogen-bond acceptors (Lipinski definition) is 4. The third-order valence-corrected chi connectivity index (χ3v) is 6.27. The summed E-state index contributed by atoms with van der Waals surface area (Å²) < 4.78 is 27.3. The topological polar surface area (TPSA) is 58.2 Å². The summed E-state index contributed by atoms with van der Waals surface area (Å²) in [6, 6.07) is 11.6. The normalized spacial score (nSPS) is 17.8. The van der Waals surface area contributed by atoms with Crippen LogP contribution in [0.15, 0.2) is 46.0 Å². The van der Waals surface area contributed by atoms with E-state index in [0.29, 0.717) is 10.8 Å². The molecule has 0 amide bonds. The molecule has 1 atom stereocenters. The summed E-state index contributed by atoms with van der Waals surface area (Å²) in [5, 5.41) is 5.14. The van der Waals surface area contributed by atoms with Crippen LogP contribution in [0.1, 0.15) is 17.2 Å². The summed E-state index contributed by atoms with van der Waals surface area (Å²) >= 11 is 1.23. The largest absolute Gasteiger partial charge is 0.308 e. The molecular formula is C14H17ClN2O2S2. The van der Waals surface area contributed by atoms with E-state index in [1.165, 1.54) is 22.5 Å². The Morgan fingerprint density at radius 2 is 2.05 bits per heavy atom. The van der Waals surface area contributed by atoms with Crippen molar-refractivity contribution in [2.45, 2.75) is 16.7 Å². The van der Waals surface area contributed by atoms with Gasteiger partial charge in [-0.1, -0.05) is 30.3 Å². The minimum Gasteiger partial charge on any atom is -0.308 e. The zero-order valence-electron chi connectivity index (χ0n) is 11.3. The van der Waals surface area contributed by atoms with E-state index in [1.54, 1.807) is 17.5 Å². The second kappa shape index (κ2) is 6.89. The molecule has 21 heavy (non-hydrogen) atoms. The monoisotopic (exact) mass is 344 g/mol. The highest BCUT2D eigenvalue weighted by Gasteiger charge is 2.22. The maximum atomic E-state index is 12.1. The summed E-state index contributed by atoms with van der Waals surface area (Å²) in [4.78, 5) is 0. The first-order valence-corrected chi connectivity index (χ1v) is 8.87. The summed E-state index contributed by atoms with van der Waals surface area (Å²) in [6.45, 7) is 1.25. The van der Waals surface area contributed by atoms with Gasteiger partial charge in [-0.15, -0.1) is 23.7 Å². The number of fused-ring (bicyclic) bond motifs is 1. The third-order valence-electron chi connectivity index (χ3n) is 3.45. The molecule has 0 fully saturated rings. The quantitative estimate of drug-likeness (QED) is 0.895. The second-order valence-electron chi connectivity index (χ2n) is 4.74. The number of sulfonamides is 1.